The number of methoxy groups -OCH3 is 5. The molecule has 0 atom stereocenters. The SMILES string of the molecule is COC(=O)Cc1ccc(OCC(C)=CCc2c(C)c(OC)c(OC)c(OC)c2OC)cc1. The molecule has 2 aromatic rings. The van der Waals surface area contributed by atoms with Gasteiger partial charge >= 0.3 is 5.97 Å². The van der Waals surface area contributed by atoms with Gasteiger partial charge in [-0.25, -0.2) is 0 Å². The number of carbonyl (C=O) groups excluding carboxylic acids is 1. The average Bonchev–Trinajstić information content (AvgIpc) is 2.81. The molecule has 0 unspecified atom stereocenters. The van der Waals surface area contributed by atoms with Crippen molar-refractivity contribution in [1.29, 1.82) is 0 Å². The first-order valence-corrected chi connectivity index (χ1v) is 10.2. The quantitative estimate of drug-likeness (QED) is 0.378. The summed E-state index contributed by atoms with van der Waals surface area (Å²) in [4.78, 5) is 11.4. The van der Waals surface area contributed by atoms with Crippen LogP contribution < -0.4 is 23.7 Å². The first kappa shape index (κ1) is 24.9. The Morgan fingerprint density at radius 1 is 0.844 bits per heavy atom. The standard InChI is InChI=1S/C25H32O7/c1-16(15-32-19-11-9-18(10-12-19)14-21(26)27-3)8-13-20-17(2)22(28-4)24(30-6)25(31-7)23(20)29-5/h8-12H,13-15H2,1-7H3. The van der Waals surface area contributed by atoms with Crippen LogP contribution in [-0.4, -0.2) is 48.1 Å². The molecule has 0 bridgehead atoms. The van der Waals surface area contributed by atoms with E-state index in [1.165, 1.54) is 7.11 Å². The molecular weight excluding hydrogens is 412 g/mol. The van der Waals surface area contributed by atoms with Crippen molar-refractivity contribution in [3.63, 3.8) is 0 Å². The van der Waals surface area contributed by atoms with Crippen molar-refractivity contribution in [1.82, 2.24) is 0 Å². The van der Waals surface area contributed by atoms with Gasteiger partial charge < -0.3 is 28.4 Å². The van der Waals surface area contributed by atoms with E-state index in [0.717, 1.165) is 28.0 Å². The topological polar surface area (TPSA) is 72.5 Å². The Kier molecular flexibility index (Phi) is 9.25. The van der Waals surface area contributed by atoms with Gasteiger partial charge in [0.1, 0.15) is 12.4 Å². The number of carbonyl (C=O) groups is 1. The smallest absolute Gasteiger partial charge is 0.309 e. The minimum Gasteiger partial charge on any atom is -0.492 e. The molecular formula is C25H32O7. The third kappa shape index (κ3) is 5.87. The fourth-order valence-corrected chi connectivity index (χ4v) is 3.37. The summed E-state index contributed by atoms with van der Waals surface area (Å²) in [6.07, 6.45) is 2.94. The molecule has 2 aromatic carbocycles. The Bertz CT molecular complexity index is 946. The van der Waals surface area contributed by atoms with Crippen LogP contribution in [0.3, 0.4) is 0 Å². The van der Waals surface area contributed by atoms with Crippen molar-refractivity contribution >= 4 is 5.97 Å². The fourth-order valence-electron chi connectivity index (χ4n) is 3.37. The molecule has 0 aliphatic heterocycles. The van der Waals surface area contributed by atoms with Gasteiger partial charge in [-0.15, -0.1) is 0 Å². The predicted octanol–water partition coefficient (Wildman–Crippen LogP) is 4.31. The van der Waals surface area contributed by atoms with E-state index in [0.29, 0.717) is 36.0 Å². The monoisotopic (exact) mass is 444 g/mol. The molecule has 0 aliphatic rings. The van der Waals surface area contributed by atoms with Gasteiger partial charge in [0.25, 0.3) is 0 Å². The van der Waals surface area contributed by atoms with Crippen molar-refractivity contribution in [2.75, 3.05) is 42.2 Å². The molecule has 0 N–H and O–H groups in total. The Balaban J connectivity index is 2.14. The summed E-state index contributed by atoms with van der Waals surface area (Å²) in [7, 11) is 7.74. The second kappa shape index (κ2) is 11.9. The van der Waals surface area contributed by atoms with E-state index in [1.54, 1.807) is 28.4 Å². The predicted molar refractivity (Wildman–Crippen MR) is 123 cm³/mol. The van der Waals surface area contributed by atoms with Crippen LogP contribution in [-0.2, 0) is 22.4 Å². The summed E-state index contributed by atoms with van der Waals surface area (Å²) in [5.74, 6) is 2.71. The van der Waals surface area contributed by atoms with Gasteiger partial charge in [0.05, 0.1) is 42.0 Å². The highest BCUT2D eigenvalue weighted by Crippen LogP contribution is 2.49. The van der Waals surface area contributed by atoms with Crippen molar-refractivity contribution in [3.8, 4) is 28.7 Å². The van der Waals surface area contributed by atoms with Crippen LogP contribution in [0.4, 0.5) is 0 Å². The van der Waals surface area contributed by atoms with E-state index in [2.05, 4.69) is 10.8 Å². The van der Waals surface area contributed by atoms with Gasteiger partial charge in [-0.3, -0.25) is 4.79 Å². The molecule has 7 nitrogen and oxygen atoms in total. The van der Waals surface area contributed by atoms with E-state index in [1.807, 2.05) is 38.1 Å². The minimum absolute atomic E-state index is 0.242. The largest absolute Gasteiger partial charge is 0.492 e. The number of allylic oxidation sites excluding steroid dienone is 1. The van der Waals surface area contributed by atoms with Crippen molar-refractivity contribution in [2.24, 2.45) is 0 Å². The van der Waals surface area contributed by atoms with Gasteiger partial charge in [-0.05, 0) is 43.5 Å². The van der Waals surface area contributed by atoms with Gasteiger partial charge in [0.2, 0.25) is 11.5 Å². The van der Waals surface area contributed by atoms with E-state index in [4.69, 9.17) is 23.7 Å². The lowest BCUT2D eigenvalue weighted by Gasteiger charge is -2.21. The molecule has 0 saturated carbocycles. The van der Waals surface area contributed by atoms with Gasteiger partial charge in [-0.2, -0.15) is 0 Å². The normalized spacial score (nSPS) is 11.0. The van der Waals surface area contributed by atoms with E-state index >= 15 is 0 Å². The highest BCUT2D eigenvalue weighted by molar-refractivity contribution is 5.72. The van der Waals surface area contributed by atoms with E-state index < -0.39 is 0 Å². The summed E-state index contributed by atoms with van der Waals surface area (Å²) < 4.78 is 32.8. The van der Waals surface area contributed by atoms with Crippen molar-refractivity contribution < 1.29 is 33.2 Å². The molecule has 174 valence electrons. The fraction of sp³-hybridized carbons (Fsp3) is 0.400. The number of benzene rings is 2. The summed E-state index contributed by atoms with van der Waals surface area (Å²) in [6, 6.07) is 7.40. The zero-order valence-corrected chi connectivity index (χ0v) is 19.9. The van der Waals surface area contributed by atoms with Gasteiger partial charge in [0, 0.05) is 11.1 Å². The molecule has 0 heterocycles. The average molecular weight is 445 g/mol. The van der Waals surface area contributed by atoms with E-state index in [-0.39, 0.29) is 12.4 Å². The molecule has 2 rings (SSSR count). The lowest BCUT2D eigenvalue weighted by molar-refractivity contribution is -0.139. The van der Waals surface area contributed by atoms with Crippen LogP contribution in [0, 0.1) is 6.92 Å². The maximum atomic E-state index is 11.4. The van der Waals surface area contributed by atoms with Gasteiger partial charge in [0.15, 0.2) is 11.5 Å². The molecule has 0 amide bonds. The Labute approximate surface area is 189 Å². The first-order valence-electron chi connectivity index (χ1n) is 10.2. The van der Waals surface area contributed by atoms with Crippen LogP contribution in [0.2, 0.25) is 0 Å². The molecule has 0 radical (unpaired) electrons. The van der Waals surface area contributed by atoms with Crippen LogP contribution in [0.1, 0.15) is 23.6 Å². The van der Waals surface area contributed by atoms with Crippen molar-refractivity contribution in [3.05, 3.63) is 52.6 Å². The maximum Gasteiger partial charge on any atom is 0.309 e. The van der Waals surface area contributed by atoms with Crippen molar-refractivity contribution in [2.45, 2.75) is 26.7 Å². The molecule has 0 spiro atoms. The second-order valence-electron chi connectivity index (χ2n) is 7.18. The van der Waals surface area contributed by atoms with Gasteiger partial charge in [-0.1, -0.05) is 18.2 Å². The number of rotatable bonds is 11. The number of ether oxygens (including phenoxy) is 6. The third-order valence-corrected chi connectivity index (χ3v) is 5.12. The zero-order chi connectivity index (χ0) is 23.7. The first-order chi connectivity index (χ1) is 15.4. The molecule has 32 heavy (non-hydrogen) atoms. The molecule has 0 aromatic heterocycles. The third-order valence-electron chi connectivity index (χ3n) is 5.12. The molecule has 7 heteroatoms. The molecule has 0 aliphatic carbocycles. The van der Waals surface area contributed by atoms with E-state index in [9.17, 15) is 4.79 Å². The summed E-state index contributed by atoms with van der Waals surface area (Å²) in [6.45, 7) is 4.40. The maximum absolute atomic E-state index is 11.4. The lowest BCUT2D eigenvalue weighted by atomic mass is 10.00. The number of hydrogen-bond donors (Lipinski definition) is 0. The Morgan fingerprint density at radius 2 is 1.41 bits per heavy atom. The highest BCUT2D eigenvalue weighted by atomic mass is 16.5. The number of hydrogen-bond acceptors (Lipinski definition) is 7. The summed E-state index contributed by atoms with van der Waals surface area (Å²) >= 11 is 0. The summed E-state index contributed by atoms with van der Waals surface area (Å²) in [5, 5.41) is 0. The van der Waals surface area contributed by atoms with Crippen LogP contribution in [0.15, 0.2) is 35.9 Å². The molecule has 0 fully saturated rings. The van der Waals surface area contributed by atoms with Crippen LogP contribution >= 0.6 is 0 Å². The number of esters is 1. The lowest BCUT2D eigenvalue weighted by Crippen LogP contribution is -2.05. The second-order valence-corrected chi connectivity index (χ2v) is 7.18. The van der Waals surface area contributed by atoms with Crippen LogP contribution in [0.5, 0.6) is 28.7 Å². The Hall–Kier alpha value is -3.35. The molecule has 0 saturated heterocycles. The zero-order valence-electron chi connectivity index (χ0n) is 19.9. The minimum atomic E-state index is -0.269. The highest BCUT2D eigenvalue weighted by Gasteiger charge is 2.24. The summed E-state index contributed by atoms with van der Waals surface area (Å²) in [5.41, 5.74) is 3.81. The van der Waals surface area contributed by atoms with Crippen LogP contribution in [0.25, 0.3) is 0 Å². The Morgan fingerprint density at radius 3 is 1.94 bits per heavy atom.